The molecule has 0 radical (unpaired) electrons. The van der Waals surface area contributed by atoms with E-state index >= 15 is 0 Å². The van der Waals surface area contributed by atoms with Crippen LogP contribution < -0.4 is 10.9 Å². The second-order valence-electron chi connectivity index (χ2n) is 6.78. The minimum atomic E-state index is -0.877. The van der Waals surface area contributed by atoms with Crippen LogP contribution in [-0.4, -0.2) is 15.9 Å². The average Bonchev–Trinajstić information content (AvgIpc) is 2.77. The van der Waals surface area contributed by atoms with E-state index in [1.807, 2.05) is 0 Å². The molecule has 0 aliphatic heterocycles. The molecule has 0 saturated heterocycles. The van der Waals surface area contributed by atoms with Crippen molar-refractivity contribution in [2.24, 2.45) is 0 Å². The first kappa shape index (κ1) is 19.4. The number of hydrogen-bond donors (Lipinski definition) is 2. The topological polar surface area (TPSA) is 74.8 Å². The van der Waals surface area contributed by atoms with Crippen molar-refractivity contribution in [1.82, 2.24) is 15.3 Å². The van der Waals surface area contributed by atoms with E-state index in [4.69, 9.17) is 0 Å². The van der Waals surface area contributed by atoms with Gasteiger partial charge in [-0.2, -0.15) is 0 Å². The van der Waals surface area contributed by atoms with Crippen molar-refractivity contribution in [3.63, 3.8) is 0 Å². The third kappa shape index (κ3) is 3.96. The smallest absolute Gasteiger partial charge is 0.252 e. The van der Waals surface area contributed by atoms with Crippen LogP contribution >= 0.6 is 0 Å². The molecule has 0 fully saturated rings. The molecule has 4 aromatic rings. The molecule has 1 amide bonds. The maximum Gasteiger partial charge on any atom is 0.252 e. The van der Waals surface area contributed by atoms with Crippen LogP contribution in [0.1, 0.15) is 33.2 Å². The number of hydrogen-bond acceptors (Lipinski definition) is 3. The maximum absolute atomic E-state index is 14.5. The second kappa shape index (κ2) is 8.24. The summed E-state index contributed by atoms with van der Waals surface area (Å²) in [5, 5.41) is 3.57. The lowest BCUT2D eigenvalue weighted by molar-refractivity contribution is 0.0942. The fourth-order valence-electron chi connectivity index (χ4n) is 3.22. The van der Waals surface area contributed by atoms with Crippen LogP contribution in [0.2, 0.25) is 0 Å². The van der Waals surface area contributed by atoms with Gasteiger partial charge in [-0.05, 0) is 46.8 Å². The average molecular weight is 405 g/mol. The number of alkyl halides is 1. The third-order valence-electron chi connectivity index (χ3n) is 4.79. The molecular weight excluding hydrogens is 388 g/mol. The zero-order valence-electron chi connectivity index (χ0n) is 15.7. The maximum atomic E-state index is 14.5. The van der Waals surface area contributed by atoms with E-state index in [-0.39, 0.29) is 11.3 Å². The van der Waals surface area contributed by atoms with Crippen LogP contribution in [0, 0.1) is 5.82 Å². The molecule has 2 aromatic heterocycles. The Morgan fingerprint density at radius 1 is 1.07 bits per heavy atom. The number of aromatic amines is 1. The minimum absolute atomic E-state index is 0.0491. The Hall–Kier alpha value is -3.87. The largest absolute Gasteiger partial charge is 0.339 e. The van der Waals surface area contributed by atoms with Crippen molar-refractivity contribution in [3.8, 4) is 0 Å². The number of nitrogens with zero attached hydrogens (tertiary/aromatic N) is 1. The van der Waals surface area contributed by atoms with Gasteiger partial charge < -0.3 is 10.3 Å². The van der Waals surface area contributed by atoms with Gasteiger partial charge in [-0.25, -0.2) is 8.78 Å². The van der Waals surface area contributed by atoms with E-state index in [2.05, 4.69) is 15.3 Å². The minimum Gasteiger partial charge on any atom is -0.339 e. The van der Waals surface area contributed by atoms with Gasteiger partial charge in [0.15, 0.2) is 0 Å². The first-order chi connectivity index (χ1) is 14.5. The van der Waals surface area contributed by atoms with Gasteiger partial charge in [0.1, 0.15) is 18.2 Å². The van der Waals surface area contributed by atoms with E-state index in [9.17, 15) is 18.4 Å². The third-order valence-corrected chi connectivity index (χ3v) is 4.79. The normalized spacial score (nSPS) is 11.9. The number of H-pyrrole nitrogens is 1. The van der Waals surface area contributed by atoms with Crippen molar-refractivity contribution in [2.45, 2.75) is 12.7 Å². The fourth-order valence-corrected chi connectivity index (χ4v) is 3.22. The van der Waals surface area contributed by atoms with E-state index in [0.29, 0.717) is 22.2 Å². The lowest BCUT2D eigenvalue weighted by Gasteiger charge is -2.20. The number of nitrogens with one attached hydrogen (secondary N) is 2. The van der Waals surface area contributed by atoms with Gasteiger partial charge in [0, 0.05) is 23.3 Å². The molecule has 2 aromatic carbocycles. The van der Waals surface area contributed by atoms with Gasteiger partial charge in [-0.15, -0.1) is 0 Å². The molecule has 0 bridgehead atoms. The Kier molecular flexibility index (Phi) is 5.34. The summed E-state index contributed by atoms with van der Waals surface area (Å²) in [5.41, 5.74) is 1.62. The molecule has 0 aliphatic carbocycles. The number of amides is 1. The molecule has 1 atom stereocenters. The quantitative estimate of drug-likeness (QED) is 0.526. The molecular formula is C23H17F2N3O2. The summed E-state index contributed by atoms with van der Waals surface area (Å²) in [7, 11) is 0. The van der Waals surface area contributed by atoms with Crippen LogP contribution in [0.5, 0.6) is 0 Å². The van der Waals surface area contributed by atoms with E-state index in [1.54, 1.807) is 48.5 Å². The van der Waals surface area contributed by atoms with Crippen molar-refractivity contribution in [2.75, 3.05) is 0 Å². The number of fused-ring (bicyclic) bond motifs is 1. The molecule has 2 heterocycles. The molecule has 0 unspecified atom stereocenters. The van der Waals surface area contributed by atoms with Gasteiger partial charge in [0.05, 0.1) is 6.04 Å². The lowest BCUT2D eigenvalue weighted by atomic mass is 10.0. The predicted molar refractivity (Wildman–Crippen MR) is 109 cm³/mol. The number of aromatic nitrogens is 2. The highest BCUT2D eigenvalue weighted by molar-refractivity contribution is 5.98. The number of carbonyl (C=O) groups is 1. The Morgan fingerprint density at radius 2 is 1.83 bits per heavy atom. The van der Waals surface area contributed by atoms with Crippen LogP contribution in [0.3, 0.4) is 0 Å². The predicted octanol–water partition coefficient (Wildman–Crippen LogP) is 4.05. The number of halogens is 2. The van der Waals surface area contributed by atoms with Crippen LogP contribution in [0.4, 0.5) is 8.78 Å². The van der Waals surface area contributed by atoms with Crippen molar-refractivity contribution >= 4 is 16.8 Å². The SMILES string of the molecule is O=C(N[C@@H](c1ccc(CF)cc1)c1ncccc1F)c1ccc2ccc(=O)[nH]c2c1. The van der Waals surface area contributed by atoms with Gasteiger partial charge >= 0.3 is 0 Å². The molecule has 0 aliphatic rings. The summed E-state index contributed by atoms with van der Waals surface area (Å²) in [6, 6.07) is 16.2. The van der Waals surface area contributed by atoms with Gasteiger partial charge in [-0.3, -0.25) is 14.6 Å². The van der Waals surface area contributed by atoms with E-state index < -0.39 is 24.4 Å². The Morgan fingerprint density at radius 3 is 2.57 bits per heavy atom. The molecule has 5 nitrogen and oxygen atoms in total. The lowest BCUT2D eigenvalue weighted by Crippen LogP contribution is -2.30. The van der Waals surface area contributed by atoms with Crippen LogP contribution in [0.25, 0.3) is 10.9 Å². The molecule has 7 heteroatoms. The summed E-state index contributed by atoms with van der Waals surface area (Å²) in [6.07, 6.45) is 1.44. The fraction of sp³-hybridized carbons (Fsp3) is 0.0870. The van der Waals surface area contributed by atoms with Gasteiger partial charge in [0.2, 0.25) is 5.56 Å². The summed E-state index contributed by atoms with van der Waals surface area (Å²) >= 11 is 0. The van der Waals surface area contributed by atoms with Gasteiger partial charge in [-0.1, -0.05) is 30.3 Å². The Bertz CT molecular complexity index is 1270. The summed E-state index contributed by atoms with van der Waals surface area (Å²) in [6.45, 7) is -0.620. The molecule has 30 heavy (non-hydrogen) atoms. The number of pyridine rings is 2. The molecule has 4 rings (SSSR count). The summed E-state index contributed by atoms with van der Waals surface area (Å²) in [5.74, 6) is -1.04. The van der Waals surface area contributed by atoms with E-state index in [0.717, 1.165) is 5.39 Å². The molecule has 2 N–H and O–H groups in total. The zero-order chi connectivity index (χ0) is 21.1. The first-order valence-electron chi connectivity index (χ1n) is 9.24. The van der Waals surface area contributed by atoms with Crippen molar-refractivity contribution in [1.29, 1.82) is 0 Å². The molecule has 0 spiro atoms. The summed E-state index contributed by atoms with van der Waals surface area (Å²) < 4.78 is 27.3. The highest BCUT2D eigenvalue weighted by Gasteiger charge is 2.22. The zero-order valence-corrected chi connectivity index (χ0v) is 15.7. The highest BCUT2D eigenvalue weighted by atomic mass is 19.1. The first-order valence-corrected chi connectivity index (χ1v) is 9.24. The highest BCUT2D eigenvalue weighted by Crippen LogP contribution is 2.24. The molecule has 150 valence electrons. The van der Waals surface area contributed by atoms with Gasteiger partial charge in [0.25, 0.3) is 5.91 Å². The van der Waals surface area contributed by atoms with Crippen LogP contribution in [-0.2, 0) is 6.67 Å². The number of rotatable bonds is 5. The Balaban J connectivity index is 1.71. The second-order valence-corrected chi connectivity index (χ2v) is 6.78. The number of carbonyl (C=O) groups excluding carboxylic acids is 1. The monoisotopic (exact) mass is 405 g/mol. The van der Waals surface area contributed by atoms with Crippen molar-refractivity contribution < 1.29 is 13.6 Å². The van der Waals surface area contributed by atoms with E-state index in [1.165, 1.54) is 24.4 Å². The standard InChI is InChI=1S/C23H17F2N3O2/c24-13-14-3-5-16(6-4-14)21(22-18(25)2-1-11-26-22)28-23(30)17-8-7-15-9-10-20(29)27-19(15)12-17/h1-12,21H,13H2,(H,27,29)(H,28,30)/t21-/m0/s1. The van der Waals surface area contributed by atoms with Crippen LogP contribution in [0.15, 0.2) is 77.7 Å². The molecule has 0 saturated carbocycles. The summed E-state index contributed by atoms with van der Waals surface area (Å²) in [4.78, 5) is 31.3. The number of benzene rings is 2. The van der Waals surface area contributed by atoms with Crippen molar-refractivity contribution in [3.05, 3.63) is 111 Å². The Labute approximate surface area is 170 Å².